The molecule has 1 fully saturated rings. The van der Waals surface area contributed by atoms with E-state index < -0.39 is 38.8 Å². The summed E-state index contributed by atoms with van der Waals surface area (Å²) >= 11 is 31.0. The predicted molar refractivity (Wildman–Crippen MR) is 128 cm³/mol. The lowest BCUT2D eigenvalue weighted by molar-refractivity contribution is -0.117. The molecule has 166 valence electrons. The number of hydrogen-bond donors (Lipinski definition) is 2. The van der Waals surface area contributed by atoms with E-state index >= 15 is 0 Å². The van der Waals surface area contributed by atoms with E-state index in [4.69, 9.17) is 58.0 Å². The summed E-state index contributed by atoms with van der Waals surface area (Å²) in [5, 5.41) is 6.41. The molecular weight excluding hydrogens is 526 g/mol. The van der Waals surface area contributed by atoms with Gasteiger partial charge in [-0.1, -0.05) is 34.8 Å². The highest BCUT2D eigenvalue weighted by Gasteiger charge is 2.67. The van der Waals surface area contributed by atoms with E-state index in [1.807, 2.05) is 0 Å². The molecule has 3 atom stereocenters. The predicted octanol–water partition coefficient (Wildman–Crippen LogP) is 5.28. The monoisotopic (exact) mass is 540 g/mol. The number of amides is 2. The fourth-order valence-corrected chi connectivity index (χ4v) is 5.19. The van der Waals surface area contributed by atoms with Gasteiger partial charge in [0.1, 0.15) is 4.33 Å². The highest BCUT2D eigenvalue weighted by molar-refractivity contribution is 7.84. The van der Waals surface area contributed by atoms with Crippen LogP contribution in [0.4, 0.5) is 5.69 Å². The lowest BCUT2D eigenvalue weighted by Gasteiger charge is -2.10. The van der Waals surface area contributed by atoms with E-state index in [2.05, 4.69) is 10.6 Å². The molecule has 0 saturated heterocycles. The second-order valence-corrected chi connectivity index (χ2v) is 11.3. The summed E-state index contributed by atoms with van der Waals surface area (Å²) < 4.78 is 9.82. The van der Waals surface area contributed by atoms with Crippen molar-refractivity contribution < 1.29 is 13.8 Å². The van der Waals surface area contributed by atoms with Crippen molar-refractivity contribution in [1.82, 2.24) is 5.32 Å². The SMILES string of the molecule is CS(=O)CCNC(=O)c1cc(NC(=O)C2[C@@H](c3cc(Cl)cc(Cl)c3)C2(Cl)Cl)ccc1Cl. The Morgan fingerprint density at radius 1 is 1.06 bits per heavy atom. The number of rotatable bonds is 7. The molecule has 11 heteroatoms. The van der Waals surface area contributed by atoms with Crippen molar-refractivity contribution in [2.75, 3.05) is 23.9 Å². The van der Waals surface area contributed by atoms with E-state index in [1.54, 1.807) is 30.5 Å². The number of halogens is 5. The molecule has 2 amide bonds. The van der Waals surface area contributed by atoms with Crippen LogP contribution >= 0.6 is 58.0 Å². The van der Waals surface area contributed by atoms with Crippen LogP contribution in [0.1, 0.15) is 21.8 Å². The van der Waals surface area contributed by atoms with E-state index in [9.17, 15) is 13.8 Å². The first-order chi connectivity index (χ1) is 14.5. The van der Waals surface area contributed by atoms with E-state index in [1.165, 1.54) is 12.1 Å². The van der Waals surface area contributed by atoms with E-state index in [0.717, 1.165) is 0 Å². The van der Waals surface area contributed by atoms with Crippen molar-refractivity contribution >= 4 is 86.3 Å². The number of anilines is 1. The maximum absolute atomic E-state index is 12.8. The van der Waals surface area contributed by atoms with Crippen LogP contribution in [-0.2, 0) is 15.6 Å². The summed E-state index contributed by atoms with van der Waals surface area (Å²) in [5.74, 6) is -1.76. The molecule has 31 heavy (non-hydrogen) atoms. The Labute approximate surface area is 207 Å². The summed E-state index contributed by atoms with van der Waals surface area (Å²) in [6.45, 7) is 0.238. The van der Waals surface area contributed by atoms with Crippen LogP contribution < -0.4 is 10.6 Å². The third-order valence-electron chi connectivity index (χ3n) is 4.73. The second kappa shape index (κ2) is 9.86. The zero-order valence-corrected chi connectivity index (χ0v) is 20.7. The summed E-state index contributed by atoms with van der Waals surface area (Å²) in [7, 11) is -1.03. The van der Waals surface area contributed by atoms with Gasteiger partial charge in [-0.2, -0.15) is 0 Å². The van der Waals surface area contributed by atoms with Crippen molar-refractivity contribution in [1.29, 1.82) is 0 Å². The fraction of sp³-hybridized carbons (Fsp3) is 0.300. The smallest absolute Gasteiger partial charge is 0.252 e. The van der Waals surface area contributed by atoms with Crippen LogP contribution in [0.2, 0.25) is 15.1 Å². The second-order valence-electron chi connectivity index (χ2n) is 7.05. The Balaban J connectivity index is 1.73. The lowest BCUT2D eigenvalue weighted by Crippen LogP contribution is -2.28. The van der Waals surface area contributed by atoms with Gasteiger partial charge >= 0.3 is 0 Å². The third-order valence-corrected chi connectivity index (χ3v) is 7.22. The van der Waals surface area contributed by atoms with Crippen molar-refractivity contribution in [3.63, 3.8) is 0 Å². The topological polar surface area (TPSA) is 75.3 Å². The van der Waals surface area contributed by atoms with Gasteiger partial charge < -0.3 is 10.6 Å². The first-order valence-corrected chi connectivity index (χ1v) is 12.6. The van der Waals surface area contributed by atoms with Gasteiger partial charge in [-0.3, -0.25) is 13.8 Å². The Hall–Kier alpha value is -1.02. The van der Waals surface area contributed by atoms with Crippen LogP contribution in [0.15, 0.2) is 36.4 Å². The minimum atomic E-state index is -1.32. The fourth-order valence-electron chi connectivity index (χ4n) is 3.22. The van der Waals surface area contributed by atoms with Gasteiger partial charge in [-0.25, -0.2) is 0 Å². The van der Waals surface area contributed by atoms with Crippen LogP contribution in [0.25, 0.3) is 0 Å². The minimum Gasteiger partial charge on any atom is -0.351 e. The molecule has 5 nitrogen and oxygen atoms in total. The molecule has 3 rings (SSSR count). The Morgan fingerprint density at radius 2 is 1.71 bits per heavy atom. The maximum Gasteiger partial charge on any atom is 0.252 e. The number of carbonyl (C=O) groups is 2. The van der Waals surface area contributed by atoms with E-state index in [0.29, 0.717) is 27.0 Å². The zero-order valence-electron chi connectivity index (χ0n) is 16.1. The number of carbonyl (C=O) groups excluding carboxylic acids is 2. The van der Waals surface area contributed by atoms with Gasteiger partial charge in [0, 0.05) is 51.0 Å². The first-order valence-electron chi connectivity index (χ1n) is 9.03. The molecule has 0 bridgehead atoms. The van der Waals surface area contributed by atoms with Crippen molar-refractivity contribution in [2.45, 2.75) is 10.3 Å². The van der Waals surface area contributed by atoms with Crippen LogP contribution in [0.3, 0.4) is 0 Å². The van der Waals surface area contributed by atoms with Crippen LogP contribution in [-0.4, -0.2) is 38.9 Å². The van der Waals surface area contributed by atoms with Gasteiger partial charge in [0.2, 0.25) is 5.91 Å². The molecule has 0 aromatic heterocycles. The number of benzene rings is 2. The lowest BCUT2D eigenvalue weighted by atomic mass is 10.1. The van der Waals surface area contributed by atoms with Gasteiger partial charge in [0.25, 0.3) is 5.91 Å². The molecule has 2 unspecified atom stereocenters. The summed E-state index contributed by atoms with van der Waals surface area (Å²) in [6, 6.07) is 9.43. The Morgan fingerprint density at radius 3 is 2.32 bits per heavy atom. The number of nitrogens with one attached hydrogen (secondary N) is 2. The first kappa shape index (κ1) is 24.6. The highest BCUT2D eigenvalue weighted by Crippen LogP contribution is 2.65. The molecule has 0 spiro atoms. The van der Waals surface area contributed by atoms with Crippen LogP contribution in [0.5, 0.6) is 0 Å². The molecule has 2 aromatic carbocycles. The summed E-state index contributed by atoms with van der Waals surface area (Å²) in [4.78, 5) is 25.2. The minimum absolute atomic E-state index is 0.179. The van der Waals surface area contributed by atoms with Crippen molar-refractivity contribution in [2.24, 2.45) is 5.92 Å². The normalized spacial score (nSPS) is 20.1. The summed E-state index contributed by atoms with van der Waals surface area (Å²) in [5.41, 5.74) is 1.20. The molecule has 0 radical (unpaired) electrons. The van der Waals surface area contributed by atoms with Crippen LogP contribution in [0, 0.1) is 5.92 Å². The van der Waals surface area contributed by atoms with E-state index in [-0.39, 0.29) is 17.1 Å². The molecule has 0 aliphatic heterocycles. The van der Waals surface area contributed by atoms with Crippen molar-refractivity contribution in [3.05, 3.63) is 62.6 Å². The largest absolute Gasteiger partial charge is 0.351 e. The third kappa shape index (κ3) is 5.86. The Bertz CT molecular complexity index is 1040. The average molecular weight is 543 g/mol. The standard InChI is InChI=1S/C20H17Cl5N2O3S/c1-31(30)5-4-26-18(28)14-9-13(2-3-15(14)23)27-19(29)17-16(20(17,24)25)10-6-11(21)8-12(22)7-10/h2-3,6-9,16-17H,4-5H2,1H3,(H,26,28)(H,27,29)/t16-,17?,31?/m1/s1. The summed E-state index contributed by atoms with van der Waals surface area (Å²) in [6.07, 6.45) is 1.55. The van der Waals surface area contributed by atoms with Gasteiger partial charge in [-0.05, 0) is 42.0 Å². The molecule has 2 aromatic rings. The molecule has 1 saturated carbocycles. The molecule has 0 heterocycles. The van der Waals surface area contributed by atoms with Gasteiger partial charge in [-0.15, -0.1) is 23.2 Å². The molecule has 2 N–H and O–H groups in total. The quantitative estimate of drug-likeness (QED) is 0.468. The maximum atomic E-state index is 12.8. The van der Waals surface area contributed by atoms with Gasteiger partial charge in [0.05, 0.1) is 16.5 Å². The van der Waals surface area contributed by atoms with Crippen molar-refractivity contribution in [3.8, 4) is 0 Å². The highest BCUT2D eigenvalue weighted by atomic mass is 35.5. The Kier molecular flexibility index (Phi) is 7.83. The number of hydrogen-bond acceptors (Lipinski definition) is 3. The van der Waals surface area contributed by atoms with Gasteiger partial charge in [0.15, 0.2) is 0 Å². The number of alkyl halides is 2. The average Bonchev–Trinajstić information content (AvgIpc) is 3.24. The molecular formula is C20H17Cl5N2O3S. The molecule has 1 aliphatic carbocycles. The molecule has 1 aliphatic rings. The zero-order chi connectivity index (χ0) is 22.9.